The molecule has 1 aromatic carbocycles. The van der Waals surface area contributed by atoms with Gasteiger partial charge >= 0.3 is 0 Å². The molecule has 1 atom stereocenters. The van der Waals surface area contributed by atoms with Crippen molar-refractivity contribution >= 4 is 33.4 Å². The van der Waals surface area contributed by atoms with Crippen LogP contribution in [0.1, 0.15) is 23.7 Å². The molecule has 0 spiro atoms. The van der Waals surface area contributed by atoms with Crippen molar-refractivity contribution in [1.82, 2.24) is 9.80 Å². The van der Waals surface area contributed by atoms with Gasteiger partial charge in [0.15, 0.2) is 0 Å². The third kappa shape index (κ3) is 3.76. The Balaban J connectivity index is 2.04. The van der Waals surface area contributed by atoms with Gasteiger partial charge in [-0.05, 0) is 40.5 Å². The molecule has 1 aliphatic rings. The number of carbonyl (C=O) groups excluding carboxylic acids is 1. The zero-order valence-corrected chi connectivity index (χ0v) is 14.2. The third-order valence-electron chi connectivity index (χ3n) is 3.74. The van der Waals surface area contributed by atoms with E-state index in [0.717, 1.165) is 24.0 Å². The van der Waals surface area contributed by atoms with Gasteiger partial charge in [-0.2, -0.15) is 5.26 Å². The van der Waals surface area contributed by atoms with E-state index in [1.165, 1.54) is 0 Å². The first kappa shape index (κ1) is 16.3. The van der Waals surface area contributed by atoms with E-state index in [1.807, 2.05) is 11.8 Å². The molecule has 21 heavy (non-hydrogen) atoms. The predicted molar refractivity (Wildman–Crippen MR) is 86.3 cm³/mol. The van der Waals surface area contributed by atoms with Gasteiger partial charge in [0.2, 0.25) is 0 Å². The van der Waals surface area contributed by atoms with Crippen LogP contribution in [0.25, 0.3) is 0 Å². The van der Waals surface area contributed by atoms with Crippen LogP contribution in [0.2, 0.25) is 5.02 Å². The highest BCUT2D eigenvalue weighted by molar-refractivity contribution is 9.10. The van der Waals surface area contributed by atoms with Gasteiger partial charge in [0, 0.05) is 35.7 Å². The lowest BCUT2D eigenvalue weighted by molar-refractivity contribution is 0.0603. The number of nitriles is 1. The van der Waals surface area contributed by atoms with E-state index in [1.54, 1.807) is 18.2 Å². The normalized spacial score (nSPS) is 17.3. The van der Waals surface area contributed by atoms with Crippen molar-refractivity contribution in [3.8, 4) is 6.07 Å². The smallest absolute Gasteiger partial charge is 0.255 e. The number of hydrogen-bond donors (Lipinski definition) is 0. The predicted octanol–water partition coefficient (Wildman–Crippen LogP) is 3.16. The summed E-state index contributed by atoms with van der Waals surface area (Å²) in [6, 6.07) is 7.48. The van der Waals surface area contributed by atoms with Crippen molar-refractivity contribution in [1.29, 1.82) is 5.26 Å². The molecule has 1 amide bonds. The zero-order chi connectivity index (χ0) is 15.4. The Kier molecular flexibility index (Phi) is 5.63. The molecule has 0 radical (unpaired) electrons. The van der Waals surface area contributed by atoms with Crippen molar-refractivity contribution in [3.63, 3.8) is 0 Å². The minimum atomic E-state index is -0.0554. The topological polar surface area (TPSA) is 47.3 Å². The molecule has 0 aromatic heterocycles. The van der Waals surface area contributed by atoms with E-state index in [2.05, 4.69) is 26.9 Å². The average Bonchev–Trinajstić information content (AvgIpc) is 2.51. The van der Waals surface area contributed by atoms with Crippen molar-refractivity contribution in [2.24, 2.45) is 0 Å². The van der Waals surface area contributed by atoms with Crippen LogP contribution in [-0.4, -0.2) is 47.9 Å². The van der Waals surface area contributed by atoms with Gasteiger partial charge < -0.3 is 4.90 Å². The number of piperazine rings is 1. The summed E-state index contributed by atoms with van der Waals surface area (Å²) in [6.07, 6.45) is 0.810. The second-order valence-electron chi connectivity index (χ2n) is 5.01. The molecule has 4 nitrogen and oxygen atoms in total. The molecule has 1 heterocycles. The molecule has 0 saturated carbocycles. The van der Waals surface area contributed by atoms with Crippen LogP contribution < -0.4 is 0 Å². The number of halogens is 2. The fourth-order valence-electron chi connectivity index (χ4n) is 2.50. The van der Waals surface area contributed by atoms with Gasteiger partial charge in [0.05, 0.1) is 17.7 Å². The molecule has 2 rings (SSSR count). The molecule has 0 aliphatic carbocycles. The largest absolute Gasteiger partial charge is 0.336 e. The van der Waals surface area contributed by atoms with Gasteiger partial charge in [-0.15, -0.1) is 0 Å². The number of carbonyl (C=O) groups is 1. The summed E-state index contributed by atoms with van der Waals surface area (Å²) in [5.74, 6) is -0.0194. The maximum atomic E-state index is 12.5. The number of nitrogens with zero attached hydrogens (tertiary/aromatic N) is 3. The van der Waals surface area contributed by atoms with Crippen LogP contribution in [0.4, 0.5) is 0 Å². The fourth-order valence-corrected chi connectivity index (χ4v) is 3.09. The van der Waals surface area contributed by atoms with Crippen molar-refractivity contribution < 1.29 is 4.79 Å². The summed E-state index contributed by atoms with van der Waals surface area (Å²) in [5.41, 5.74) is 0.586. The van der Waals surface area contributed by atoms with Crippen molar-refractivity contribution in [2.75, 3.05) is 26.2 Å². The molecule has 6 heteroatoms. The third-order valence-corrected chi connectivity index (χ3v) is 4.66. The van der Waals surface area contributed by atoms with Crippen LogP contribution in [0.5, 0.6) is 0 Å². The number of rotatable bonds is 3. The monoisotopic (exact) mass is 369 g/mol. The van der Waals surface area contributed by atoms with Crippen LogP contribution >= 0.6 is 27.5 Å². The van der Waals surface area contributed by atoms with Crippen LogP contribution in [0.15, 0.2) is 22.7 Å². The highest BCUT2D eigenvalue weighted by Crippen LogP contribution is 2.23. The van der Waals surface area contributed by atoms with Gasteiger partial charge in [-0.1, -0.05) is 18.5 Å². The minimum absolute atomic E-state index is 0.0194. The Morgan fingerprint density at radius 1 is 1.43 bits per heavy atom. The van der Waals surface area contributed by atoms with Crippen LogP contribution in [0.3, 0.4) is 0 Å². The Morgan fingerprint density at radius 3 is 2.67 bits per heavy atom. The van der Waals surface area contributed by atoms with Gasteiger partial charge in [0.1, 0.15) is 0 Å². The van der Waals surface area contributed by atoms with Gasteiger partial charge in [-0.25, -0.2) is 0 Å². The first-order chi connectivity index (χ1) is 10.1. The Bertz CT molecular complexity index is 565. The van der Waals surface area contributed by atoms with Crippen LogP contribution in [0, 0.1) is 11.3 Å². The Hall–Kier alpha value is -1.09. The Labute approximate surface area is 138 Å². The molecule has 1 aromatic rings. The van der Waals surface area contributed by atoms with Crippen molar-refractivity contribution in [3.05, 3.63) is 33.3 Å². The fraction of sp³-hybridized carbons (Fsp3) is 0.467. The minimum Gasteiger partial charge on any atom is -0.336 e. The maximum Gasteiger partial charge on any atom is 0.255 e. The average molecular weight is 371 g/mol. The van der Waals surface area contributed by atoms with E-state index in [0.29, 0.717) is 23.7 Å². The van der Waals surface area contributed by atoms with E-state index in [-0.39, 0.29) is 11.9 Å². The maximum absolute atomic E-state index is 12.5. The summed E-state index contributed by atoms with van der Waals surface area (Å²) >= 11 is 9.36. The number of amides is 1. The summed E-state index contributed by atoms with van der Waals surface area (Å²) < 4.78 is 0.753. The van der Waals surface area contributed by atoms with Gasteiger partial charge in [-0.3, -0.25) is 9.69 Å². The van der Waals surface area contributed by atoms with E-state index < -0.39 is 0 Å². The molecule has 1 unspecified atom stereocenters. The van der Waals surface area contributed by atoms with E-state index in [9.17, 15) is 4.79 Å². The molecule has 1 fully saturated rings. The van der Waals surface area contributed by atoms with E-state index >= 15 is 0 Å². The SMILES string of the molecule is CCC(C#N)N1CCN(C(=O)c2cc(Cl)ccc2Br)CC1. The van der Waals surface area contributed by atoms with Crippen LogP contribution in [-0.2, 0) is 0 Å². The second kappa shape index (κ2) is 7.26. The number of benzene rings is 1. The highest BCUT2D eigenvalue weighted by Gasteiger charge is 2.26. The Morgan fingerprint density at radius 2 is 2.10 bits per heavy atom. The summed E-state index contributed by atoms with van der Waals surface area (Å²) in [6.45, 7) is 4.74. The highest BCUT2D eigenvalue weighted by atomic mass is 79.9. The summed E-state index contributed by atoms with van der Waals surface area (Å²) in [7, 11) is 0. The molecule has 0 bridgehead atoms. The standard InChI is InChI=1S/C15H17BrClN3O/c1-2-12(10-18)19-5-7-20(8-6-19)15(21)13-9-11(17)3-4-14(13)16/h3-4,9,12H,2,5-8H2,1H3. The molecule has 112 valence electrons. The van der Waals surface area contributed by atoms with Gasteiger partial charge in [0.25, 0.3) is 5.91 Å². The lowest BCUT2D eigenvalue weighted by atomic mass is 10.1. The molecule has 1 aliphatic heterocycles. The van der Waals surface area contributed by atoms with Crippen molar-refractivity contribution in [2.45, 2.75) is 19.4 Å². The first-order valence-corrected chi connectivity index (χ1v) is 8.12. The molecule has 0 N–H and O–H groups in total. The molecule has 1 saturated heterocycles. The zero-order valence-electron chi connectivity index (χ0n) is 11.9. The quantitative estimate of drug-likeness (QED) is 0.821. The lowest BCUT2D eigenvalue weighted by Gasteiger charge is -2.36. The summed E-state index contributed by atoms with van der Waals surface area (Å²) in [5, 5.41) is 9.66. The summed E-state index contributed by atoms with van der Waals surface area (Å²) in [4.78, 5) is 16.5. The molecular formula is C15H17BrClN3O. The molecular weight excluding hydrogens is 354 g/mol. The number of hydrogen-bond acceptors (Lipinski definition) is 3. The first-order valence-electron chi connectivity index (χ1n) is 6.94. The van der Waals surface area contributed by atoms with E-state index in [4.69, 9.17) is 16.9 Å². The second-order valence-corrected chi connectivity index (χ2v) is 6.30. The lowest BCUT2D eigenvalue weighted by Crippen LogP contribution is -2.51.